The third-order valence-electron chi connectivity index (χ3n) is 2.15. The van der Waals surface area contributed by atoms with Crippen LogP contribution in [-0.2, 0) is 10.0 Å². The molecule has 5 nitrogen and oxygen atoms in total. The van der Waals surface area contributed by atoms with E-state index >= 15 is 0 Å². The summed E-state index contributed by atoms with van der Waals surface area (Å²) in [6.45, 7) is 2.65. The van der Waals surface area contributed by atoms with Crippen LogP contribution in [0.15, 0.2) is 29.2 Å². The zero-order valence-electron chi connectivity index (χ0n) is 9.05. The van der Waals surface area contributed by atoms with Crippen molar-refractivity contribution in [3.8, 4) is 0 Å². The second-order valence-corrected chi connectivity index (χ2v) is 5.30. The van der Waals surface area contributed by atoms with Gasteiger partial charge < -0.3 is 10.4 Å². The van der Waals surface area contributed by atoms with Gasteiger partial charge in [-0.1, -0.05) is 6.92 Å². The number of nitrogens with two attached hydrogens (primary N) is 1. The molecule has 1 unspecified atom stereocenters. The highest BCUT2D eigenvalue weighted by Crippen LogP contribution is 2.12. The molecule has 0 aromatic heterocycles. The standard InChI is InChI=1S/C10H16N2O3S/c1-8(7-13)6-12-9-2-4-10(5-3-9)16(11,14)15/h2-5,8,12-13H,6-7H2,1H3,(H2,11,14,15). The topological polar surface area (TPSA) is 92.4 Å². The molecule has 0 heterocycles. The number of hydrogen-bond acceptors (Lipinski definition) is 4. The fourth-order valence-corrected chi connectivity index (χ4v) is 1.63. The fourth-order valence-electron chi connectivity index (χ4n) is 1.12. The van der Waals surface area contributed by atoms with E-state index in [1.54, 1.807) is 12.1 Å². The van der Waals surface area contributed by atoms with Crippen molar-refractivity contribution < 1.29 is 13.5 Å². The van der Waals surface area contributed by atoms with Crippen molar-refractivity contribution in [2.45, 2.75) is 11.8 Å². The SMILES string of the molecule is CC(CO)CNc1ccc(S(N)(=O)=O)cc1. The molecule has 0 radical (unpaired) electrons. The van der Waals surface area contributed by atoms with Crippen LogP contribution in [0.1, 0.15) is 6.92 Å². The Kier molecular flexibility index (Phi) is 4.28. The molecule has 0 saturated carbocycles. The average Bonchev–Trinajstić information content (AvgIpc) is 2.25. The van der Waals surface area contributed by atoms with Crippen LogP contribution >= 0.6 is 0 Å². The third-order valence-corrected chi connectivity index (χ3v) is 3.08. The Morgan fingerprint density at radius 1 is 1.38 bits per heavy atom. The van der Waals surface area contributed by atoms with E-state index in [2.05, 4.69) is 5.32 Å². The monoisotopic (exact) mass is 244 g/mol. The van der Waals surface area contributed by atoms with Gasteiger partial charge in [0.1, 0.15) is 0 Å². The number of sulfonamides is 1. The molecule has 0 saturated heterocycles. The first-order valence-electron chi connectivity index (χ1n) is 4.91. The van der Waals surface area contributed by atoms with Gasteiger partial charge in [-0.3, -0.25) is 0 Å². The highest BCUT2D eigenvalue weighted by atomic mass is 32.2. The van der Waals surface area contributed by atoms with E-state index in [4.69, 9.17) is 10.2 Å². The van der Waals surface area contributed by atoms with Crippen LogP contribution in [0, 0.1) is 5.92 Å². The van der Waals surface area contributed by atoms with Gasteiger partial charge in [-0.2, -0.15) is 0 Å². The van der Waals surface area contributed by atoms with Gasteiger partial charge in [0.15, 0.2) is 0 Å². The summed E-state index contributed by atoms with van der Waals surface area (Å²) in [5, 5.41) is 16.9. The number of aliphatic hydroxyl groups excluding tert-OH is 1. The maximum atomic E-state index is 11.0. The van der Waals surface area contributed by atoms with Crippen LogP contribution in [-0.4, -0.2) is 26.7 Å². The lowest BCUT2D eigenvalue weighted by Crippen LogP contribution is -2.15. The van der Waals surface area contributed by atoms with Crippen LogP contribution in [0.2, 0.25) is 0 Å². The summed E-state index contributed by atoms with van der Waals surface area (Å²) in [6.07, 6.45) is 0. The van der Waals surface area contributed by atoms with Crippen molar-refractivity contribution in [3.05, 3.63) is 24.3 Å². The third kappa shape index (κ3) is 3.80. The fraction of sp³-hybridized carbons (Fsp3) is 0.400. The van der Waals surface area contributed by atoms with E-state index in [0.717, 1.165) is 5.69 Å². The molecule has 0 amide bonds. The molecule has 0 aliphatic heterocycles. The molecule has 0 spiro atoms. The van der Waals surface area contributed by atoms with Crippen LogP contribution in [0.25, 0.3) is 0 Å². The molecule has 0 aliphatic carbocycles. The molecule has 16 heavy (non-hydrogen) atoms. The van der Waals surface area contributed by atoms with Crippen LogP contribution in [0.5, 0.6) is 0 Å². The zero-order valence-corrected chi connectivity index (χ0v) is 9.87. The Morgan fingerprint density at radius 2 is 1.94 bits per heavy atom. The number of nitrogens with one attached hydrogen (secondary N) is 1. The van der Waals surface area contributed by atoms with Gasteiger partial charge in [0.05, 0.1) is 4.90 Å². The predicted octanol–water partition coefficient (Wildman–Crippen LogP) is 0.374. The van der Waals surface area contributed by atoms with Crippen LogP contribution in [0.3, 0.4) is 0 Å². The molecule has 1 atom stereocenters. The van der Waals surface area contributed by atoms with E-state index in [1.807, 2.05) is 6.92 Å². The van der Waals surface area contributed by atoms with Gasteiger partial charge >= 0.3 is 0 Å². The molecule has 6 heteroatoms. The predicted molar refractivity (Wildman–Crippen MR) is 62.6 cm³/mol. The second kappa shape index (κ2) is 5.29. The number of benzene rings is 1. The molecule has 0 fully saturated rings. The Hall–Kier alpha value is -1.11. The van der Waals surface area contributed by atoms with E-state index in [9.17, 15) is 8.42 Å². The summed E-state index contributed by atoms with van der Waals surface area (Å²) < 4.78 is 22.0. The maximum absolute atomic E-state index is 11.0. The van der Waals surface area contributed by atoms with Gasteiger partial charge in [-0.25, -0.2) is 13.6 Å². The highest BCUT2D eigenvalue weighted by Gasteiger charge is 2.06. The minimum absolute atomic E-state index is 0.0910. The summed E-state index contributed by atoms with van der Waals surface area (Å²) in [5.74, 6) is 0.151. The van der Waals surface area contributed by atoms with Crippen molar-refractivity contribution >= 4 is 15.7 Å². The molecule has 1 aromatic rings. The van der Waals surface area contributed by atoms with E-state index in [1.165, 1.54) is 12.1 Å². The largest absolute Gasteiger partial charge is 0.396 e. The Morgan fingerprint density at radius 3 is 2.38 bits per heavy atom. The van der Waals surface area contributed by atoms with Gasteiger partial charge in [-0.15, -0.1) is 0 Å². The number of anilines is 1. The normalized spacial score (nSPS) is 13.4. The molecule has 0 aliphatic rings. The minimum atomic E-state index is -3.62. The first kappa shape index (κ1) is 13.0. The van der Waals surface area contributed by atoms with Crippen molar-refractivity contribution in [2.24, 2.45) is 11.1 Å². The highest BCUT2D eigenvalue weighted by molar-refractivity contribution is 7.89. The molecule has 4 N–H and O–H groups in total. The number of hydrogen-bond donors (Lipinski definition) is 3. The summed E-state index contributed by atoms with van der Waals surface area (Å²) in [6, 6.07) is 6.18. The van der Waals surface area contributed by atoms with Crippen molar-refractivity contribution in [1.29, 1.82) is 0 Å². The summed E-state index contributed by atoms with van der Waals surface area (Å²) in [4.78, 5) is 0.0910. The smallest absolute Gasteiger partial charge is 0.238 e. The molecule has 1 rings (SSSR count). The lowest BCUT2D eigenvalue weighted by molar-refractivity contribution is 0.244. The Labute approximate surface area is 95.3 Å². The van der Waals surface area contributed by atoms with Gasteiger partial charge in [0.2, 0.25) is 10.0 Å². The molecule has 90 valence electrons. The zero-order chi connectivity index (χ0) is 12.2. The summed E-state index contributed by atoms with van der Waals surface area (Å²) in [5.41, 5.74) is 0.799. The first-order chi connectivity index (χ1) is 7.43. The van der Waals surface area contributed by atoms with E-state index in [-0.39, 0.29) is 17.4 Å². The van der Waals surface area contributed by atoms with E-state index < -0.39 is 10.0 Å². The summed E-state index contributed by atoms with van der Waals surface area (Å²) >= 11 is 0. The minimum Gasteiger partial charge on any atom is -0.396 e. The molecule has 0 bridgehead atoms. The molecular formula is C10H16N2O3S. The summed E-state index contributed by atoms with van der Waals surface area (Å²) in [7, 11) is -3.62. The lowest BCUT2D eigenvalue weighted by Gasteiger charge is -2.10. The average molecular weight is 244 g/mol. The number of rotatable bonds is 5. The van der Waals surface area contributed by atoms with E-state index in [0.29, 0.717) is 6.54 Å². The quantitative estimate of drug-likeness (QED) is 0.698. The Balaban J connectivity index is 2.66. The van der Waals surface area contributed by atoms with Crippen molar-refractivity contribution in [1.82, 2.24) is 0 Å². The van der Waals surface area contributed by atoms with Crippen LogP contribution in [0.4, 0.5) is 5.69 Å². The molecular weight excluding hydrogens is 228 g/mol. The molecule has 1 aromatic carbocycles. The van der Waals surface area contributed by atoms with Gasteiger partial charge in [-0.05, 0) is 30.2 Å². The van der Waals surface area contributed by atoms with Gasteiger partial charge in [0.25, 0.3) is 0 Å². The lowest BCUT2D eigenvalue weighted by atomic mass is 10.2. The second-order valence-electron chi connectivity index (χ2n) is 3.74. The maximum Gasteiger partial charge on any atom is 0.238 e. The van der Waals surface area contributed by atoms with Crippen molar-refractivity contribution in [3.63, 3.8) is 0 Å². The number of primary sulfonamides is 1. The van der Waals surface area contributed by atoms with Crippen molar-refractivity contribution in [2.75, 3.05) is 18.5 Å². The van der Waals surface area contributed by atoms with Gasteiger partial charge in [0, 0.05) is 18.8 Å². The van der Waals surface area contributed by atoms with Crippen LogP contribution < -0.4 is 10.5 Å². The Bertz CT molecular complexity index is 428. The first-order valence-corrected chi connectivity index (χ1v) is 6.45. The number of aliphatic hydroxyl groups is 1.